The Morgan fingerprint density at radius 2 is 2.25 bits per heavy atom. The first-order valence-corrected chi connectivity index (χ1v) is 9.59. The highest BCUT2D eigenvalue weighted by Gasteiger charge is 1.93. The van der Waals surface area contributed by atoms with Crippen LogP contribution >= 0.6 is 33.1 Å². The van der Waals surface area contributed by atoms with E-state index in [2.05, 4.69) is 24.8 Å². The van der Waals surface area contributed by atoms with Crippen LogP contribution in [-0.2, 0) is 0 Å². The predicted molar refractivity (Wildman–Crippen MR) is 54.4 cm³/mol. The lowest BCUT2D eigenvalue weighted by Gasteiger charge is -2.05. The molecule has 0 radical (unpaired) electrons. The standard InChI is InChI=1S/C4H14P4/c1-2-3-4-8(6)7-5/h7H,2-6H2,1H3. The van der Waals surface area contributed by atoms with Crippen molar-refractivity contribution in [1.29, 1.82) is 0 Å². The van der Waals surface area contributed by atoms with Crippen LogP contribution < -0.4 is 0 Å². The van der Waals surface area contributed by atoms with Crippen LogP contribution in [0.4, 0.5) is 0 Å². The second kappa shape index (κ2) is 6.83. The van der Waals surface area contributed by atoms with Crippen molar-refractivity contribution in [2.45, 2.75) is 19.8 Å². The Bertz CT molecular complexity index is 47.3. The average Bonchev–Trinajstić information content (AvgIpc) is 1.83. The van der Waals surface area contributed by atoms with E-state index in [0.29, 0.717) is 7.30 Å². The van der Waals surface area contributed by atoms with Gasteiger partial charge in [0.15, 0.2) is 0 Å². The smallest absolute Gasteiger partial charge is 0.0252 e. The highest BCUT2D eigenvalue weighted by atomic mass is 32.6. The number of hydrogen-bond donors (Lipinski definition) is 0. The first-order valence-electron chi connectivity index (χ1n) is 2.79. The lowest BCUT2D eigenvalue weighted by molar-refractivity contribution is 0.895. The second-order valence-corrected chi connectivity index (χ2v) is 11.6. The molecule has 0 heterocycles. The summed E-state index contributed by atoms with van der Waals surface area (Å²) >= 11 is 0. The molecule has 0 N–H and O–H groups in total. The van der Waals surface area contributed by atoms with Crippen LogP contribution in [0.3, 0.4) is 0 Å². The molecule has 0 aliphatic heterocycles. The van der Waals surface area contributed by atoms with Crippen molar-refractivity contribution in [2.24, 2.45) is 0 Å². The van der Waals surface area contributed by atoms with Gasteiger partial charge in [0, 0.05) is 0 Å². The van der Waals surface area contributed by atoms with Gasteiger partial charge in [-0.05, 0) is 12.6 Å². The van der Waals surface area contributed by atoms with E-state index in [-0.39, 0.29) is 0 Å². The maximum Gasteiger partial charge on any atom is -0.0252 e. The Hall–Kier alpha value is 1.72. The van der Waals surface area contributed by atoms with Crippen molar-refractivity contribution in [3.8, 4) is 0 Å². The fourth-order valence-corrected chi connectivity index (χ4v) is 3.75. The first-order chi connectivity index (χ1) is 3.81. The molecule has 0 fully saturated rings. The molecule has 0 nitrogen and oxygen atoms in total. The Labute approximate surface area is 59.6 Å². The van der Waals surface area contributed by atoms with Crippen LogP contribution in [0.1, 0.15) is 19.8 Å². The third-order valence-electron chi connectivity index (χ3n) is 0.918. The Balaban J connectivity index is 2.86. The lowest BCUT2D eigenvalue weighted by atomic mass is 10.4. The normalized spacial score (nSPS) is 15.4. The second-order valence-electron chi connectivity index (χ2n) is 1.68. The van der Waals surface area contributed by atoms with Gasteiger partial charge in [-0.15, -0.1) is 17.9 Å². The maximum atomic E-state index is 2.94. The highest BCUT2D eigenvalue weighted by molar-refractivity contribution is 8.61. The third-order valence-corrected chi connectivity index (χ3v) is 11.5. The van der Waals surface area contributed by atoms with E-state index in [1.165, 1.54) is 19.0 Å². The number of hydrogen-bond acceptors (Lipinski definition) is 0. The quantitative estimate of drug-likeness (QED) is 0.590. The highest BCUT2D eigenvalue weighted by Crippen LogP contribution is 2.66. The fourth-order valence-electron chi connectivity index (χ4n) is 0.393. The molecule has 0 saturated carbocycles. The van der Waals surface area contributed by atoms with Crippen molar-refractivity contribution >= 4 is 33.1 Å². The molecule has 4 heteroatoms. The first kappa shape index (κ1) is 9.72. The molecule has 0 aliphatic rings. The summed E-state index contributed by atoms with van der Waals surface area (Å²) in [5, 5.41) is 0. The van der Waals surface area contributed by atoms with E-state index < -0.39 is 0 Å². The molecule has 4 atom stereocenters. The fraction of sp³-hybridized carbons (Fsp3) is 1.00. The van der Waals surface area contributed by atoms with Crippen LogP contribution in [0.5, 0.6) is 0 Å². The minimum atomic E-state index is 0.323. The average molecular weight is 186 g/mol. The summed E-state index contributed by atoms with van der Waals surface area (Å²) in [4.78, 5) is 0. The lowest BCUT2D eigenvalue weighted by Crippen LogP contribution is -1.71. The van der Waals surface area contributed by atoms with E-state index in [0.717, 1.165) is 7.96 Å². The zero-order chi connectivity index (χ0) is 6.41. The molecule has 50 valence electrons. The molecule has 8 heavy (non-hydrogen) atoms. The summed E-state index contributed by atoms with van der Waals surface area (Å²) < 4.78 is 0. The largest absolute Gasteiger partial charge is 0.110 e. The van der Waals surface area contributed by atoms with Crippen LogP contribution in [0.25, 0.3) is 0 Å². The zero-order valence-electron chi connectivity index (χ0n) is 5.22. The van der Waals surface area contributed by atoms with Gasteiger partial charge >= 0.3 is 0 Å². The summed E-state index contributed by atoms with van der Waals surface area (Å²) in [6.45, 7) is 2.25. The van der Waals surface area contributed by atoms with Crippen molar-refractivity contribution in [3.63, 3.8) is 0 Å². The molecule has 0 aromatic rings. The van der Waals surface area contributed by atoms with E-state index in [4.69, 9.17) is 0 Å². The summed E-state index contributed by atoms with van der Waals surface area (Å²) in [6.07, 6.45) is 4.21. The molecule has 0 spiro atoms. The van der Waals surface area contributed by atoms with Crippen LogP contribution in [0.2, 0.25) is 0 Å². The molecule has 4 unspecified atom stereocenters. The third kappa shape index (κ3) is 5.85. The molecular weight excluding hydrogens is 172 g/mol. The van der Waals surface area contributed by atoms with Gasteiger partial charge < -0.3 is 0 Å². The van der Waals surface area contributed by atoms with Gasteiger partial charge in [-0.25, -0.2) is 0 Å². The molecule has 0 aliphatic carbocycles. The minimum absolute atomic E-state index is 0.323. The van der Waals surface area contributed by atoms with Crippen LogP contribution in [0, 0.1) is 0 Å². The van der Waals surface area contributed by atoms with E-state index >= 15 is 0 Å². The van der Waals surface area contributed by atoms with Crippen LogP contribution in [0.15, 0.2) is 0 Å². The van der Waals surface area contributed by atoms with Gasteiger partial charge in [-0.1, -0.05) is 28.6 Å². The van der Waals surface area contributed by atoms with Gasteiger partial charge in [-0.3, -0.25) is 0 Å². The predicted octanol–water partition coefficient (Wildman–Crippen LogP) is 3.44. The van der Waals surface area contributed by atoms with Gasteiger partial charge in [0.05, 0.1) is 0 Å². The van der Waals surface area contributed by atoms with Crippen molar-refractivity contribution < 1.29 is 0 Å². The number of rotatable bonds is 4. The molecular formula is C4H14P4. The van der Waals surface area contributed by atoms with E-state index in [1.54, 1.807) is 0 Å². The van der Waals surface area contributed by atoms with Crippen LogP contribution in [-0.4, -0.2) is 6.16 Å². The Morgan fingerprint density at radius 1 is 1.62 bits per heavy atom. The monoisotopic (exact) mass is 186 g/mol. The summed E-state index contributed by atoms with van der Waals surface area (Å²) in [5.41, 5.74) is 0. The van der Waals surface area contributed by atoms with Gasteiger partial charge in [0.25, 0.3) is 0 Å². The molecule has 0 saturated heterocycles. The SMILES string of the molecule is CCCCP(P)PP. The van der Waals surface area contributed by atoms with Crippen molar-refractivity contribution in [1.82, 2.24) is 0 Å². The number of unbranched alkanes of at least 4 members (excludes halogenated alkanes) is 1. The molecule has 0 aromatic carbocycles. The summed E-state index contributed by atoms with van der Waals surface area (Å²) in [7, 11) is 7.17. The molecule has 0 rings (SSSR count). The summed E-state index contributed by atoms with van der Waals surface area (Å²) in [5.74, 6) is 0. The van der Waals surface area contributed by atoms with Crippen molar-refractivity contribution in [2.75, 3.05) is 6.16 Å². The van der Waals surface area contributed by atoms with Gasteiger partial charge in [0.1, 0.15) is 0 Å². The topological polar surface area (TPSA) is 0 Å². The maximum absolute atomic E-state index is 2.94. The minimum Gasteiger partial charge on any atom is -0.110 e. The Morgan fingerprint density at radius 3 is 2.62 bits per heavy atom. The van der Waals surface area contributed by atoms with Crippen molar-refractivity contribution in [3.05, 3.63) is 0 Å². The Kier molecular flexibility index (Phi) is 8.30. The molecule has 0 bridgehead atoms. The van der Waals surface area contributed by atoms with E-state index in [9.17, 15) is 0 Å². The van der Waals surface area contributed by atoms with Gasteiger partial charge in [-0.2, -0.15) is 0 Å². The zero-order valence-corrected chi connectivity index (χ0v) is 9.43. The molecule has 0 amide bonds. The van der Waals surface area contributed by atoms with E-state index in [1.807, 2.05) is 0 Å². The molecule has 0 aromatic heterocycles. The summed E-state index contributed by atoms with van der Waals surface area (Å²) in [6, 6.07) is 0. The van der Waals surface area contributed by atoms with Gasteiger partial charge in [0.2, 0.25) is 0 Å².